The van der Waals surface area contributed by atoms with E-state index in [0.29, 0.717) is 32.7 Å². The van der Waals surface area contributed by atoms with Crippen molar-refractivity contribution in [2.75, 3.05) is 31.7 Å². The summed E-state index contributed by atoms with van der Waals surface area (Å²) < 4.78 is 6.95. The van der Waals surface area contributed by atoms with Gasteiger partial charge in [0, 0.05) is 68.3 Å². The zero-order valence-corrected chi connectivity index (χ0v) is 18.0. The van der Waals surface area contributed by atoms with Gasteiger partial charge in [0.1, 0.15) is 0 Å². The van der Waals surface area contributed by atoms with E-state index in [1.807, 2.05) is 22.8 Å². The number of ether oxygens (including phenoxy) is 1. The van der Waals surface area contributed by atoms with Crippen LogP contribution >= 0.6 is 0 Å². The van der Waals surface area contributed by atoms with Crippen molar-refractivity contribution in [2.24, 2.45) is 11.8 Å². The minimum atomic E-state index is -0.972. The van der Waals surface area contributed by atoms with Crippen molar-refractivity contribution in [1.82, 2.24) is 9.88 Å². The molecule has 9 nitrogen and oxygen atoms in total. The maximum atomic E-state index is 13.3. The summed E-state index contributed by atoms with van der Waals surface area (Å²) in [4.78, 5) is 28.1. The van der Waals surface area contributed by atoms with Crippen molar-refractivity contribution < 1.29 is 20.0 Å². The molecule has 3 aliphatic heterocycles. The standard InChI is InChI=1S/C23H28N4O5/c1-32-8-7-24-23(29)18-11-14-10-17(27(30)31)5-6-20(14)26-12-15-9-16(22(18)26)13-25-19(15)3-2-4-21(25)28/h2-6,10,15-16,18,22,27,30H,7-9,11-13H2,1H3,(H,24,29)/t15?,16?,18-,22+/m1/s1. The van der Waals surface area contributed by atoms with Gasteiger partial charge in [-0.1, -0.05) is 6.07 Å². The molecule has 1 fully saturated rings. The van der Waals surface area contributed by atoms with Crippen molar-refractivity contribution >= 4 is 17.3 Å². The second-order valence-corrected chi connectivity index (χ2v) is 8.98. The van der Waals surface area contributed by atoms with E-state index in [4.69, 9.17) is 4.74 Å². The van der Waals surface area contributed by atoms with Crippen LogP contribution in [0, 0.1) is 17.0 Å². The first-order valence-corrected chi connectivity index (χ1v) is 11.1. The molecule has 5 rings (SSSR count). The fourth-order valence-electron chi connectivity index (χ4n) is 5.89. The fourth-order valence-corrected chi connectivity index (χ4v) is 5.89. The molecule has 1 saturated heterocycles. The molecular formula is C23H28N4O5. The Morgan fingerprint density at radius 3 is 2.94 bits per heavy atom. The van der Waals surface area contributed by atoms with E-state index in [2.05, 4.69) is 10.2 Å². The van der Waals surface area contributed by atoms with Gasteiger partial charge >= 0.3 is 0 Å². The zero-order valence-electron chi connectivity index (χ0n) is 18.0. The number of piperidine rings is 1. The number of nitrogens with one attached hydrogen (secondary N) is 2. The highest BCUT2D eigenvalue weighted by Gasteiger charge is 2.49. The predicted octanol–water partition coefficient (Wildman–Crippen LogP) is 0.179. The molecule has 2 bridgehead atoms. The van der Waals surface area contributed by atoms with Gasteiger partial charge in [-0.15, -0.1) is 0 Å². The number of fused-ring (bicyclic) bond motifs is 8. The van der Waals surface area contributed by atoms with E-state index in [-0.39, 0.29) is 40.9 Å². The number of carbonyl (C=O) groups is 1. The minimum Gasteiger partial charge on any atom is -0.595 e. The first-order valence-electron chi connectivity index (χ1n) is 11.1. The first-order chi connectivity index (χ1) is 15.5. The number of benzene rings is 1. The number of pyridine rings is 1. The summed E-state index contributed by atoms with van der Waals surface area (Å²) in [7, 11) is 1.59. The van der Waals surface area contributed by atoms with Gasteiger partial charge in [-0.25, -0.2) is 5.21 Å². The van der Waals surface area contributed by atoms with Crippen LogP contribution in [0.25, 0.3) is 0 Å². The van der Waals surface area contributed by atoms with Gasteiger partial charge in [0.2, 0.25) is 5.91 Å². The predicted molar refractivity (Wildman–Crippen MR) is 117 cm³/mol. The second kappa shape index (κ2) is 8.32. The number of aromatic nitrogens is 1. The van der Waals surface area contributed by atoms with Crippen LogP contribution in [0.15, 0.2) is 41.2 Å². The van der Waals surface area contributed by atoms with Gasteiger partial charge in [-0.05, 0) is 36.5 Å². The molecule has 3 unspecified atom stereocenters. The number of nitrogens with zero attached hydrogens (tertiary/aromatic N) is 2. The highest BCUT2D eigenvalue weighted by Crippen LogP contribution is 2.47. The number of hydrogen-bond donors (Lipinski definition) is 3. The second-order valence-electron chi connectivity index (χ2n) is 8.98. The Labute approximate surface area is 185 Å². The largest absolute Gasteiger partial charge is 0.595 e. The number of quaternary nitrogens is 1. The molecule has 5 atom stereocenters. The topological polar surface area (TPSA) is 111 Å². The third-order valence-corrected chi connectivity index (χ3v) is 7.20. The van der Waals surface area contributed by atoms with Crippen LogP contribution in [-0.2, 0) is 22.5 Å². The number of carbonyl (C=O) groups excluding carboxylic acids is 1. The molecule has 3 N–H and O–H groups in total. The Bertz CT molecular complexity index is 1080. The molecule has 1 amide bonds. The van der Waals surface area contributed by atoms with Crippen LogP contribution in [-0.4, -0.2) is 48.5 Å². The van der Waals surface area contributed by atoms with Crippen LogP contribution in [0.1, 0.15) is 23.6 Å². The Balaban J connectivity index is 1.55. The average Bonchev–Trinajstić information content (AvgIpc) is 2.79. The summed E-state index contributed by atoms with van der Waals surface area (Å²) in [5.41, 5.74) is 3.17. The summed E-state index contributed by atoms with van der Waals surface area (Å²) in [5.74, 6) is -0.0172. The maximum Gasteiger partial charge on any atom is 0.250 e. The van der Waals surface area contributed by atoms with Crippen molar-refractivity contribution in [3.05, 3.63) is 63.2 Å². The molecule has 4 heterocycles. The molecule has 0 saturated carbocycles. The van der Waals surface area contributed by atoms with E-state index >= 15 is 0 Å². The molecular weight excluding hydrogens is 412 g/mol. The number of anilines is 1. The van der Waals surface area contributed by atoms with Crippen molar-refractivity contribution in [3.63, 3.8) is 0 Å². The number of amides is 1. The fraction of sp³-hybridized carbons (Fsp3) is 0.478. The molecule has 0 radical (unpaired) electrons. The first kappa shape index (κ1) is 21.1. The summed E-state index contributed by atoms with van der Waals surface area (Å²) in [6.45, 7) is 2.15. The van der Waals surface area contributed by atoms with Gasteiger partial charge in [-0.2, -0.15) is 5.23 Å². The monoisotopic (exact) mass is 440 g/mol. The summed E-state index contributed by atoms with van der Waals surface area (Å²) >= 11 is 0. The number of rotatable bonds is 5. The SMILES string of the molecule is COCCNC(=O)[C@@H]1Cc2cc([NH+]([O-])O)ccc2N2CC3CC(Cn4c3cccc4=O)[C@@H]12. The normalized spacial score (nSPS) is 26.5. The van der Waals surface area contributed by atoms with Crippen molar-refractivity contribution in [1.29, 1.82) is 0 Å². The third kappa shape index (κ3) is 3.51. The minimum absolute atomic E-state index is 0.00838. The van der Waals surface area contributed by atoms with Crippen LogP contribution in [0.5, 0.6) is 0 Å². The van der Waals surface area contributed by atoms with Gasteiger partial charge in [0.05, 0.1) is 12.5 Å². The van der Waals surface area contributed by atoms with E-state index in [9.17, 15) is 20.0 Å². The molecule has 170 valence electrons. The lowest BCUT2D eigenvalue weighted by Crippen LogP contribution is -2.99. The summed E-state index contributed by atoms with van der Waals surface area (Å²) in [6.07, 6.45) is 1.42. The Morgan fingerprint density at radius 2 is 2.16 bits per heavy atom. The Hall–Kier alpha value is -2.72. The van der Waals surface area contributed by atoms with Crippen molar-refractivity contribution in [2.45, 2.75) is 31.3 Å². The summed E-state index contributed by atoms with van der Waals surface area (Å²) in [6, 6.07) is 10.6. The number of hydrogen-bond acceptors (Lipinski definition) is 6. The van der Waals surface area contributed by atoms with Gasteiger partial charge in [0.25, 0.3) is 5.56 Å². The van der Waals surface area contributed by atoms with Crippen molar-refractivity contribution in [3.8, 4) is 0 Å². The van der Waals surface area contributed by atoms with E-state index < -0.39 is 5.23 Å². The zero-order chi connectivity index (χ0) is 22.4. The van der Waals surface area contributed by atoms with Crippen LogP contribution in [0.4, 0.5) is 11.4 Å². The smallest absolute Gasteiger partial charge is 0.250 e. The molecule has 2 aromatic rings. The van der Waals surface area contributed by atoms with Crippen LogP contribution < -0.4 is 21.0 Å². The Kier molecular flexibility index (Phi) is 5.50. The highest BCUT2D eigenvalue weighted by molar-refractivity contribution is 5.82. The number of methoxy groups -OCH3 is 1. The van der Waals surface area contributed by atoms with Crippen LogP contribution in [0.3, 0.4) is 0 Å². The summed E-state index contributed by atoms with van der Waals surface area (Å²) in [5, 5.41) is 23.0. The quantitative estimate of drug-likeness (QED) is 0.452. The lowest BCUT2D eigenvalue weighted by molar-refractivity contribution is -0.991. The lowest BCUT2D eigenvalue weighted by Gasteiger charge is -2.54. The maximum absolute atomic E-state index is 13.3. The molecule has 9 heteroatoms. The van der Waals surface area contributed by atoms with E-state index in [1.54, 1.807) is 25.3 Å². The van der Waals surface area contributed by atoms with E-state index in [1.165, 1.54) is 0 Å². The van der Waals surface area contributed by atoms with Gasteiger partial charge < -0.3 is 24.7 Å². The average molecular weight is 441 g/mol. The third-order valence-electron chi connectivity index (χ3n) is 7.20. The Morgan fingerprint density at radius 1 is 1.31 bits per heavy atom. The molecule has 1 aromatic heterocycles. The van der Waals surface area contributed by atoms with Gasteiger partial charge in [-0.3, -0.25) is 9.59 Å². The molecule has 3 aliphatic rings. The van der Waals surface area contributed by atoms with Crippen LogP contribution in [0.2, 0.25) is 0 Å². The lowest BCUT2D eigenvalue weighted by atomic mass is 9.70. The molecule has 0 spiro atoms. The van der Waals surface area contributed by atoms with E-state index in [0.717, 1.165) is 23.4 Å². The highest BCUT2D eigenvalue weighted by atomic mass is 16.8. The molecule has 32 heavy (non-hydrogen) atoms. The van der Waals surface area contributed by atoms with Gasteiger partial charge in [0.15, 0.2) is 5.69 Å². The molecule has 1 aromatic carbocycles. The molecule has 0 aliphatic carbocycles.